The predicted octanol–water partition coefficient (Wildman–Crippen LogP) is 3.08. The number of aromatic nitrogens is 1. The molecule has 0 amide bonds. The molecule has 2 heterocycles. The van der Waals surface area contributed by atoms with Crippen LogP contribution in [0.15, 0.2) is 29.6 Å². The summed E-state index contributed by atoms with van der Waals surface area (Å²) in [5, 5.41) is 3.35. The molecule has 0 unspecified atom stereocenters. The van der Waals surface area contributed by atoms with Crippen molar-refractivity contribution in [1.29, 1.82) is 0 Å². The van der Waals surface area contributed by atoms with Crippen LogP contribution in [0.5, 0.6) is 0 Å². The molecule has 106 valence electrons. The van der Waals surface area contributed by atoms with Gasteiger partial charge >= 0.3 is 0 Å². The standard InChI is InChI=1S/C16H21N3S/c1-13-4-3-5-16(10-13)19-8-6-18(7-9-19)11-15-12-20-14(2)17-15/h3-5,10,12H,6-9,11H2,1-2H3. The quantitative estimate of drug-likeness (QED) is 0.865. The third kappa shape index (κ3) is 3.19. The molecule has 1 fully saturated rings. The van der Waals surface area contributed by atoms with Gasteiger partial charge in [-0.1, -0.05) is 12.1 Å². The smallest absolute Gasteiger partial charge is 0.0897 e. The van der Waals surface area contributed by atoms with Gasteiger partial charge in [0.1, 0.15) is 0 Å². The fourth-order valence-electron chi connectivity index (χ4n) is 2.70. The van der Waals surface area contributed by atoms with E-state index >= 15 is 0 Å². The van der Waals surface area contributed by atoms with Gasteiger partial charge in [0.2, 0.25) is 0 Å². The summed E-state index contributed by atoms with van der Waals surface area (Å²) in [4.78, 5) is 9.54. The van der Waals surface area contributed by atoms with Crippen LogP contribution in [0, 0.1) is 13.8 Å². The van der Waals surface area contributed by atoms with Gasteiger partial charge in [0.25, 0.3) is 0 Å². The third-order valence-corrected chi connectivity index (χ3v) is 4.61. The molecule has 0 radical (unpaired) electrons. The van der Waals surface area contributed by atoms with Gasteiger partial charge in [0.15, 0.2) is 0 Å². The zero-order valence-electron chi connectivity index (χ0n) is 12.2. The number of hydrogen-bond donors (Lipinski definition) is 0. The molecule has 1 aliphatic rings. The number of hydrogen-bond acceptors (Lipinski definition) is 4. The highest BCUT2D eigenvalue weighted by molar-refractivity contribution is 7.09. The molecule has 1 aliphatic heterocycles. The molecule has 1 aromatic carbocycles. The summed E-state index contributed by atoms with van der Waals surface area (Å²) in [6, 6.07) is 8.80. The lowest BCUT2D eigenvalue weighted by Crippen LogP contribution is -2.46. The number of benzene rings is 1. The predicted molar refractivity (Wildman–Crippen MR) is 85.5 cm³/mol. The van der Waals surface area contributed by atoms with E-state index < -0.39 is 0 Å². The maximum Gasteiger partial charge on any atom is 0.0897 e. The first kappa shape index (κ1) is 13.6. The Morgan fingerprint density at radius 2 is 1.95 bits per heavy atom. The average Bonchev–Trinajstić information content (AvgIpc) is 2.85. The molecular weight excluding hydrogens is 266 g/mol. The maximum absolute atomic E-state index is 4.56. The van der Waals surface area contributed by atoms with E-state index in [-0.39, 0.29) is 0 Å². The van der Waals surface area contributed by atoms with E-state index in [9.17, 15) is 0 Å². The Kier molecular flexibility index (Phi) is 4.03. The highest BCUT2D eigenvalue weighted by Gasteiger charge is 2.17. The third-order valence-electron chi connectivity index (χ3n) is 3.79. The minimum absolute atomic E-state index is 0.992. The Bertz CT molecular complexity index is 571. The Morgan fingerprint density at radius 3 is 2.60 bits per heavy atom. The van der Waals surface area contributed by atoms with Crippen molar-refractivity contribution in [3.05, 3.63) is 45.9 Å². The van der Waals surface area contributed by atoms with E-state index in [1.807, 2.05) is 0 Å². The molecule has 4 heteroatoms. The van der Waals surface area contributed by atoms with Crippen LogP contribution in [0.25, 0.3) is 0 Å². The number of rotatable bonds is 3. The SMILES string of the molecule is Cc1cccc(N2CCN(Cc3csc(C)n3)CC2)c1. The summed E-state index contributed by atoms with van der Waals surface area (Å²) in [6.07, 6.45) is 0. The first-order chi connectivity index (χ1) is 9.70. The van der Waals surface area contributed by atoms with Crippen LogP contribution in [0.3, 0.4) is 0 Å². The van der Waals surface area contributed by atoms with Gasteiger partial charge in [-0.25, -0.2) is 4.98 Å². The molecule has 0 bridgehead atoms. The molecule has 0 aliphatic carbocycles. The molecule has 1 saturated heterocycles. The highest BCUT2D eigenvalue weighted by atomic mass is 32.1. The summed E-state index contributed by atoms with van der Waals surface area (Å²) < 4.78 is 0. The Labute approximate surface area is 124 Å². The zero-order chi connectivity index (χ0) is 13.9. The summed E-state index contributed by atoms with van der Waals surface area (Å²) >= 11 is 1.74. The van der Waals surface area contributed by atoms with Gasteiger partial charge in [-0.05, 0) is 31.5 Å². The van der Waals surface area contributed by atoms with E-state index in [0.29, 0.717) is 0 Å². The lowest BCUT2D eigenvalue weighted by molar-refractivity contribution is 0.247. The van der Waals surface area contributed by atoms with Gasteiger partial charge in [-0.15, -0.1) is 11.3 Å². The zero-order valence-corrected chi connectivity index (χ0v) is 13.0. The van der Waals surface area contributed by atoms with Crippen LogP contribution in [0.1, 0.15) is 16.3 Å². The summed E-state index contributed by atoms with van der Waals surface area (Å²) in [5.74, 6) is 0. The van der Waals surface area contributed by atoms with Crippen molar-refractivity contribution < 1.29 is 0 Å². The van der Waals surface area contributed by atoms with Crippen molar-refractivity contribution in [1.82, 2.24) is 9.88 Å². The molecule has 20 heavy (non-hydrogen) atoms. The Hall–Kier alpha value is -1.39. The van der Waals surface area contributed by atoms with Crippen LogP contribution in [0.4, 0.5) is 5.69 Å². The van der Waals surface area contributed by atoms with Crippen LogP contribution in [0.2, 0.25) is 0 Å². The molecule has 3 nitrogen and oxygen atoms in total. The fourth-order valence-corrected chi connectivity index (χ4v) is 3.30. The van der Waals surface area contributed by atoms with Crippen molar-refractivity contribution >= 4 is 17.0 Å². The number of aryl methyl sites for hydroxylation is 2. The van der Waals surface area contributed by atoms with Gasteiger partial charge < -0.3 is 4.90 Å². The summed E-state index contributed by atoms with van der Waals surface area (Å²) in [5.41, 5.74) is 3.91. The molecule has 0 saturated carbocycles. The van der Waals surface area contributed by atoms with E-state index in [4.69, 9.17) is 0 Å². The normalized spacial score (nSPS) is 16.6. The van der Waals surface area contributed by atoms with Crippen molar-refractivity contribution in [2.24, 2.45) is 0 Å². The molecule has 2 aromatic rings. The van der Waals surface area contributed by atoms with E-state index in [1.54, 1.807) is 11.3 Å². The first-order valence-electron chi connectivity index (χ1n) is 7.16. The molecule has 1 aromatic heterocycles. The second-order valence-corrected chi connectivity index (χ2v) is 6.52. The van der Waals surface area contributed by atoms with Crippen LogP contribution in [-0.2, 0) is 6.54 Å². The van der Waals surface area contributed by atoms with Gasteiger partial charge in [-0.2, -0.15) is 0 Å². The fraction of sp³-hybridized carbons (Fsp3) is 0.438. The van der Waals surface area contributed by atoms with Crippen molar-refractivity contribution in [2.45, 2.75) is 20.4 Å². The lowest BCUT2D eigenvalue weighted by atomic mass is 10.2. The maximum atomic E-state index is 4.56. The Balaban J connectivity index is 1.57. The van der Waals surface area contributed by atoms with E-state index in [2.05, 4.69) is 58.3 Å². The molecular formula is C16H21N3S. The highest BCUT2D eigenvalue weighted by Crippen LogP contribution is 2.19. The minimum atomic E-state index is 0.992. The van der Waals surface area contributed by atoms with Crippen LogP contribution >= 0.6 is 11.3 Å². The van der Waals surface area contributed by atoms with E-state index in [0.717, 1.165) is 32.7 Å². The number of piperazine rings is 1. The van der Waals surface area contributed by atoms with Gasteiger partial charge in [0.05, 0.1) is 10.7 Å². The summed E-state index contributed by atoms with van der Waals surface area (Å²) in [7, 11) is 0. The second-order valence-electron chi connectivity index (χ2n) is 5.46. The second kappa shape index (κ2) is 5.94. The lowest BCUT2D eigenvalue weighted by Gasteiger charge is -2.35. The summed E-state index contributed by atoms with van der Waals surface area (Å²) in [6.45, 7) is 9.66. The molecule has 0 spiro atoms. The first-order valence-corrected chi connectivity index (χ1v) is 8.04. The van der Waals surface area contributed by atoms with E-state index in [1.165, 1.54) is 22.0 Å². The van der Waals surface area contributed by atoms with Crippen molar-refractivity contribution in [3.8, 4) is 0 Å². The topological polar surface area (TPSA) is 19.4 Å². The Morgan fingerprint density at radius 1 is 1.15 bits per heavy atom. The molecule has 0 atom stereocenters. The average molecular weight is 287 g/mol. The van der Waals surface area contributed by atoms with Gasteiger partial charge in [0, 0.05) is 43.8 Å². The number of anilines is 1. The number of nitrogens with zero attached hydrogens (tertiary/aromatic N) is 3. The van der Waals surface area contributed by atoms with Crippen LogP contribution < -0.4 is 4.90 Å². The van der Waals surface area contributed by atoms with Crippen LogP contribution in [-0.4, -0.2) is 36.1 Å². The largest absolute Gasteiger partial charge is 0.369 e. The molecule has 3 rings (SSSR count). The van der Waals surface area contributed by atoms with Crippen molar-refractivity contribution in [3.63, 3.8) is 0 Å². The molecule has 0 N–H and O–H groups in total. The van der Waals surface area contributed by atoms with Gasteiger partial charge in [-0.3, -0.25) is 4.90 Å². The number of thiazole rings is 1. The van der Waals surface area contributed by atoms with Crippen molar-refractivity contribution in [2.75, 3.05) is 31.1 Å². The minimum Gasteiger partial charge on any atom is -0.369 e. The monoisotopic (exact) mass is 287 g/mol.